The summed E-state index contributed by atoms with van der Waals surface area (Å²) >= 11 is 0. The third-order valence-electron chi connectivity index (χ3n) is 3.51. The second-order valence-corrected chi connectivity index (χ2v) is 5.45. The van der Waals surface area contributed by atoms with E-state index in [1.165, 1.54) is 13.4 Å². The SMILES string of the molecule is CCCCCN(Cc1nc(C(=O)OC)co1)C(=O)CCC(=O)OCC. The standard InChI is InChI=1S/C17H26N2O6/c1-4-6-7-10-19(15(20)8-9-16(21)24-5-2)11-14-18-13(12-25-14)17(22)23-3/h12H,4-11H2,1-3H3. The maximum absolute atomic E-state index is 12.4. The first-order valence-corrected chi connectivity index (χ1v) is 8.47. The van der Waals surface area contributed by atoms with Crippen molar-refractivity contribution in [3.63, 3.8) is 0 Å². The number of unbranched alkanes of at least 4 members (excludes halogenated alkanes) is 2. The van der Waals surface area contributed by atoms with E-state index in [-0.39, 0.29) is 36.9 Å². The summed E-state index contributed by atoms with van der Waals surface area (Å²) in [7, 11) is 1.26. The molecule has 0 spiro atoms. The van der Waals surface area contributed by atoms with E-state index in [2.05, 4.69) is 16.6 Å². The van der Waals surface area contributed by atoms with E-state index < -0.39 is 11.9 Å². The second kappa shape index (κ2) is 11.2. The lowest BCUT2D eigenvalue weighted by Gasteiger charge is -2.21. The number of methoxy groups -OCH3 is 1. The molecule has 1 rings (SSSR count). The van der Waals surface area contributed by atoms with E-state index in [1.54, 1.807) is 11.8 Å². The normalized spacial score (nSPS) is 10.4. The molecule has 0 saturated heterocycles. The molecule has 8 nitrogen and oxygen atoms in total. The molecule has 0 fully saturated rings. The number of amides is 1. The van der Waals surface area contributed by atoms with Crippen LogP contribution in [0.3, 0.4) is 0 Å². The summed E-state index contributed by atoms with van der Waals surface area (Å²) in [6, 6.07) is 0. The molecule has 1 amide bonds. The number of carbonyl (C=O) groups is 3. The minimum atomic E-state index is -0.596. The molecule has 0 atom stereocenters. The lowest BCUT2D eigenvalue weighted by molar-refractivity contribution is -0.145. The first kappa shape index (κ1) is 20.7. The highest BCUT2D eigenvalue weighted by molar-refractivity contribution is 5.86. The Hall–Kier alpha value is -2.38. The van der Waals surface area contributed by atoms with Gasteiger partial charge in [-0.15, -0.1) is 0 Å². The van der Waals surface area contributed by atoms with Crippen molar-refractivity contribution in [2.45, 2.75) is 52.5 Å². The minimum Gasteiger partial charge on any atom is -0.466 e. The van der Waals surface area contributed by atoms with Crippen LogP contribution in [0.4, 0.5) is 0 Å². The molecule has 1 aromatic rings. The minimum absolute atomic E-state index is 0.0376. The van der Waals surface area contributed by atoms with Gasteiger partial charge in [0.2, 0.25) is 11.8 Å². The van der Waals surface area contributed by atoms with Gasteiger partial charge >= 0.3 is 11.9 Å². The molecular formula is C17H26N2O6. The first-order chi connectivity index (χ1) is 12.0. The Labute approximate surface area is 147 Å². The van der Waals surface area contributed by atoms with Crippen LogP contribution in [0.15, 0.2) is 10.7 Å². The second-order valence-electron chi connectivity index (χ2n) is 5.45. The molecule has 0 aromatic carbocycles. The van der Waals surface area contributed by atoms with Gasteiger partial charge in [-0.2, -0.15) is 0 Å². The van der Waals surface area contributed by atoms with Crippen LogP contribution in [-0.4, -0.2) is 48.0 Å². The molecule has 0 aliphatic rings. The highest BCUT2D eigenvalue weighted by atomic mass is 16.5. The summed E-state index contributed by atoms with van der Waals surface area (Å²) in [4.78, 5) is 40.9. The molecule has 8 heteroatoms. The van der Waals surface area contributed by atoms with Gasteiger partial charge in [0, 0.05) is 13.0 Å². The van der Waals surface area contributed by atoms with Crippen LogP contribution in [0.2, 0.25) is 0 Å². The Morgan fingerprint density at radius 2 is 1.96 bits per heavy atom. The van der Waals surface area contributed by atoms with Crippen LogP contribution < -0.4 is 0 Å². The van der Waals surface area contributed by atoms with E-state index in [4.69, 9.17) is 9.15 Å². The average Bonchev–Trinajstić information content (AvgIpc) is 3.07. The van der Waals surface area contributed by atoms with Crippen LogP contribution in [0.1, 0.15) is 62.3 Å². The maximum Gasteiger partial charge on any atom is 0.360 e. The third kappa shape index (κ3) is 7.36. The predicted octanol–water partition coefficient (Wildman–Crippen LogP) is 2.32. The Morgan fingerprint density at radius 3 is 2.60 bits per heavy atom. The number of nitrogens with zero attached hydrogens (tertiary/aromatic N) is 2. The lowest BCUT2D eigenvalue weighted by atomic mass is 10.2. The largest absolute Gasteiger partial charge is 0.466 e. The zero-order valence-electron chi connectivity index (χ0n) is 15.1. The predicted molar refractivity (Wildman–Crippen MR) is 88.7 cm³/mol. The Bertz CT molecular complexity index is 569. The number of hydrogen-bond donors (Lipinski definition) is 0. The van der Waals surface area contributed by atoms with Crippen molar-refractivity contribution >= 4 is 17.8 Å². The average molecular weight is 354 g/mol. The highest BCUT2D eigenvalue weighted by Crippen LogP contribution is 2.11. The fraction of sp³-hybridized carbons (Fsp3) is 0.647. The number of carbonyl (C=O) groups excluding carboxylic acids is 3. The smallest absolute Gasteiger partial charge is 0.360 e. The van der Waals surface area contributed by atoms with Gasteiger partial charge in [0.15, 0.2) is 5.69 Å². The summed E-state index contributed by atoms with van der Waals surface area (Å²) in [6.45, 7) is 4.76. The van der Waals surface area contributed by atoms with Crippen LogP contribution in [0, 0.1) is 0 Å². The number of rotatable bonds is 11. The van der Waals surface area contributed by atoms with Gasteiger partial charge in [-0.05, 0) is 13.3 Å². The third-order valence-corrected chi connectivity index (χ3v) is 3.51. The van der Waals surface area contributed by atoms with Crippen molar-refractivity contribution in [3.05, 3.63) is 17.8 Å². The molecule has 0 N–H and O–H groups in total. The van der Waals surface area contributed by atoms with Crippen molar-refractivity contribution < 1.29 is 28.3 Å². The fourth-order valence-corrected chi connectivity index (χ4v) is 2.19. The molecule has 1 aromatic heterocycles. The van der Waals surface area contributed by atoms with Crippen LogP contribution >= 0.6 is 0 Å². The topological polar surface area (TPSA) is 98.9 Å². The molecule has 0 radical (unpaired) electrons. The van der Waals surface area contributed by atoms with Gasteiger partial charge in [-0.1, -0.05) is 19.8 Å². The molecule has 0 aliphatic carbocycles. The van der Waals surface area contributed by atoms with Gasteiger partial charge in [0.1, 0.15) is 6.26 Å². The van der Waals surface area contributed by atoms with E-state index in [1.807, 2.05) is 0 Å². The molecule has 0 aliphatic heterocycles. The summed E-state index contributed by atoms with van der Waals surface area (Å²) in [6.07, 6.45) is 4.16. The van der Waals surface area contributed by atoms with E-state index in [0.29, 0.717) is 13.2 Å². The van der Waals surface area contributed by atoms with E-state index in [9.17, 15) is 14.4 Å². The summed E-state index contributed by atoms with van der Waals surface area (Å²) < 4.78 is 14.7. The van der Waals surface area contributed by atoms with Crippen molar-refractivity contribution in [2.75, 3.05) is 20.3 Å². The summed E-state index contributed by atoms with van der Waals surface area (Å²) in [5.74, 6) is -0.919. The first-order valence-electron chi connectivity index (χ1n) is 8.47. The Balaban J connectivity index is 2.68. The zero-order valence-corrected chi connectivity index (χ0v) is 15.1. The molecule has 140 valence electrons. The monoisotopic (exact) mass is 354 g/mol. The van der Waals surface area contributed by atoms with Crippen molar-refractivity contribution in [2.24, 2.45) is 0 Å². The van der Waals surface area contributed by atoms with Gasteiger partial charge in [-0.25, -0.2) is 9.78 Å². The van der Waals surface area contributed by atoms with Gasteiger partial charge < -0.3 is 18.8 Å². The summed E-state index contributed by atoms with van der Waals surface area (Å²) in [5, 5.41) is 0. The molecule has 0 saturated carbocycles. The van der Waals surface area contributed by atoms with Crippen LogP contribution in [-0.2, 0) is 25.6 Å². The van der Waals surface area contributed by atoms with E-state index in [0.717, 1.165) is 19.3 Å². The van der Waals surface area contributed by atoms with Crippen molar-refractivity contribution in [1.29, 1.82) is 0 Å². The molecule has 25 heavy (non-hydrogen) atoms. The molecule has 1 heterocycles. The lowest BCUT2D eigenvalue weighted by Crippen LogP contribution is -2.32. The van der Waals surface area contributed by atoms with E-state index >= 15 is 0 Å². The fourth-order valence-electron chi connectivity index (χ4n) is 2.19. The zero-order chi connectivity index (χ0) is 18.7. The Kier molecular flexibility index (Phi) is 9.28. The van der Waals surface area contributed by atoms with Gasteiger partial charge in [0.25, 0.3) is 0 Å². The quantitative estimate of drug-likeness (QED) is 0.444. The molecule has 0 unspecified atom stereocenters. The number of aromatic nitrogens is 1. The Morgan fingerprint density at radius 1 is 1.20 bits per heavy atom. The maximum atomic E-state index is 12.4. The number of hydrogen-bond acceptors (Lipinski definition) is 7. The van der Waals surface area contributed by atoms with Gasteiger partial charge in [-0.3, -0.25) is 9.59 Å². The highest BCUT2D eigenvalue weighted by Gasteiger charge is 2.19. The number of esters is 2. The van der Waals surface area contributed by atoms with Crippen LogP contribution in [0.5, 0.6) is 0 Å². The van der Waals surface area contributed by atoms with Crippen LogP contribution in [0.25, 0.3) is 0 Å². The number of oxazole rings is 1. The summed E-state index contributed by atoms with van der Waals surface area (Å²) in [5.41, 5.74) is 0.0602. The van der Waals surface area contributed by atoms with Gasteiger partial charge in [0.05, 0.1) is 26.7 Å². The number of ether oxygens (including phenoxy) is 2. The van der Waals surface area contributed by atoms with Crippen molar-refractivity contribution in [3.8, 4) is 0 Å². The molecule has 0 bridgehead atoms. The van der Waals surface area contributed by atoms with Crippen molar-refractivity contribution in [1.82, 2.24) is 9.88 Å². The molecular weight excluding hydrogens is 328 g/mol.